The molecule has 0 saturated carbocycles. The number of hydrogen-bond acceptors (Lipinski definition) is 5. The summed E-state index contributed by atoms with van der Waals surface area (Å²) in [5.41, 5.74) is 7.12. The third kappa shape index (κ3) is 5.07. The van der Waals surface area contributed by atoms with Crippen molar-refractivity contribution in [2.75, 3.05) is 12.8 Å². The first-order valence-electron chi connectivity index (χ1n) is 8.59. The number of benzene rings is 2. The zero-order valence-corrected chi connectivity index (χ0v) is 15.8. The maximum atomic E-state index is 12.9. The second-order valence-electron chi connectivity index (χ2n) is 6.22. The van der Waals surface area contributed by atoms with Crippen molar-refractivity contribution in [1.82, 2.24) is 9.66 Å². The molecular weight excluding hydrogens is 385 g/mol. The predicted molar refractivity (Wildman–Crippen MR) is 103 cm³/mol. The summed E-state index contributed by atoms with van der Waals surface area (Å²) in [7, 11) is 1.51. The van der Waals surface area contributed by atoms with Gasteiger partial charge in [-0.2, -0.15) is 18.3 Å². The van der Waals surface area contributed by atoms with Gasteiger partial charge < -0.3 is 15.2 Å². The number of nitrogen functional groups attached to an aromatic ring is 1. The largest absolute Gasteiger partial charge is 0.496 e. The van der Waals surface area contributed by atoms with Crippen molar-refractivity contribution in [1.29, 1.82) is 0 Å². The van der Waals surface area contributed by atoms with E-state index in [1.54, 1.807) is 37.5 Å². The Morgan fingerprint density at radius 3 is 2.66 bits per heavy atom. The highest BCUT2D eigenvalue weighted by Gasteiger charge is 2.30. The molecule has 1 aromatic heterocycles. The van der Waals surface area contributed by atoms with Gasteiger partial charge >= 0.3 is 6.18 Å². The van der Waals surface area contributed by atoms with Crippen LogP contribution in [-0.2, 0) is 12.8 Å². The average molecular weight is 404 g/mol. The van der Waals surface area contributed by atoms with Crippen LogP contribution in [0.3, 0.4) is 0 Å². The SMILES string of the molecule is COc1ccc(C=Nn2cc(C)nc2N)cc1COc1cccc(C(F)(F)F)c1. The van der Waals surface area contributed by atoms with Crippen LogP contribution in [0.1, 0.15) is 22.4 Å². The molecule has 0 bridgehead atoms. The van der Waals surface area contributed by atoms with Gasteiger partial charge in [-0.25, -0.2) is 9.66 Å². The van der Waals surface area contributed by atoms with E-state index in [0.717, 1.165) is 23.4 Å². The van der Waals surface area contributed by atoms with Gasteiger partial charge in [0.25, 0.3) is 0 Å². The van der Waals surface area contributed by atoms with Crippen molar-refractivity contribution >= 4 is 12.2 Å². The highest BCUT2D eigenvalue weighted by atomic mass is 19.4. The molecular formula is C20H19F3N4O2. The number of nitrogens with zero attached hydrogens (tertiary/aromatic N) is 3. The van der Waals surface area contributed by atoms with E-state index in [4.69, 9.17) is 15.2 Å². The molecule has 0 radical (unpaired) electrons. The molecule has 152 valence electrons. The minimum atomic E-state index is -4.43. The number of methoxy groups -OCH3 is 1. The normalized spacial score (nSPS) is 11.8. The van der Waals surface area contributed by atoms with Gasteiger partial charge in [-0.1, -0.05) is 6.07 Å². The van der Waals surface area contributed by atoms with Crippen molar-refractivity contribution in [2.45, 2.75) is 19.7 Å². The Balaban J connectivity index is 1.78. The molecule has 0 saturated heterocycles. The molecule has 3 aromatic rings. The lowest BCUT2D eigenvalue weighted by Crippen LogP contribution is -2.05. The van der Waals surface area contributed by atoms with E-state index in [2.05, 4.69) is 10.1 Å². The summed E-state index contributed by atoms with van der Waals surface area (Å²) in [5.74, 6) is 0.926. The Morgan fingerprint density at radius 1 is 1.21 bits per heavy atom. The number of imidazole rings is 1. The van der Waals surface area contributed by atoms with Crippen molar-refractivity contribution in [2.24, 2.45) is 5.10 Å². The summed E-state index contributed by atoms with van der Waals surface area (Å²) < 4.78 is 50.9. The highest BCUT2D eigenvalue weighted by Crippen LogP contribution is 2.31. The molecule has 9 heteroatoms. The van der Waals surface area contributed by atoms with Crippen molar-refractivity contribution in [3.05, 3.63) is 71.0 Å². The number of alkyl halides is 3. The van der Waals surface area contributed by atoms with Crippen LogP contribution in [0.5, 0.6) is 11.5 Å². The molecule has 2 aromatic carbocycles. The highest BCUT2D eigenvalue weighted by molar-refractivity contribution is 5.80. The molecule has 0 aliphatic heterocycles. The maximum Gasteiger partial charge on any atom is 0.416 e. The van der Waals surface area contributed by atoms with E-state index < -0.39 is 11.7 Å². The fourth-order valence-electron chi connectivity index (χ4n) is 2.64. The van der Waals surface area contributed by atoms with E-state index in [1.165, 1.54) is 23.9 Å². The van der Waals surface area contributed by atoms with Crippen LogP contribution in [0.4, 0.5) is 19.1 Å². The van der Waals surface area contributed by atoms with Crippen molar-refractivity contribution < 1.29 is 22.6 Å². The summed E-state index contributed by atoms with van der Waals surface area (Å²) in [6.07, 6.45) is -1.15. The molecule has 0 fully saturated rings. The van der Waals surface area contributed by atoms with Gasteiger partial charge in [0.1, 0.15) is 18.1 Å². The van der Waals surface area contributed by atoms with Crippen LogP contribution in [0, 0.1) is 6.92 Å². The van der Waals surface area contributed by atoms with Crippen molar-refractivity contribution in [3.63, 3.8) is 0 Å². The first-order valence-corrected chi connectivity index (χ1v) is 8.59. The van der Waals surface area contributed by atoms with E-state index in [0.29, 0.717) is 11.3 Å². The van der Waals surface area contributed by atoms with E-state index in [-0.39, 0.29) is 18.3 Å². The fraction of sp³-hybridized carbons (Fsp3) is 0.200. The topological polar surface area (TPSA) is 74.7 Å². The lowest BCUT2D eigenvalue weighted by Gasteiger charge is -2.13. The molecule has 0 atom stereocenters. The molecule has 0 aliphatic carbocycles. The number of aromatic nitrogens is 2. The van der Waals surface area contributed by atoms with Gasteiger partial charge in [-0.15, -0.1) is 0 Å². The van der Waals surface area contributed by atoms with Crippen LogP contribution in [0.15, 0.2) is 53.8 Å². The molecule has 0 spiro atoms. The van der Waals surface area contributed by atoms with E-state index in [1.807, 2.05) is 0 Å². The number of ether oxygens (including phenoxy) is 2. The number of aryl methyl sites for hydroxylation is 1. The number of nitrogens with two attached hydrogens (primary N) is 1. The molecule has 1 heterocycles. The van der Waals surface area contributed by atoms with E-state index >= 15 is 0 Å². The van der Waals surface area contributed by atoms with Crippen LogP contribution in [-0.4, -0.2) is 23.0 Å². The summed E-state index contributed by atoms with van der Waals surface area (Å²) in [6, 6.07) is 10.0. The third-order valence-corrected chi connectivity index (χ3v) is 4.03. The molecule has 0 amide bonds. The minimum absolute atomic E-state index is 0.0263. The van der Waals surface area contributed by atoms with Gasteiger partial charge in [0.05, 0.1) is 30.8 Å². The Morgan fingerprint density at radius 2 is 2.00 bits per heavy atom. The second kappa shape index (κ2) is 8.26. The Kier molecular flexibility index (Phi) is 5.76. The number of hydrogen-bond donors (Lipinski definition) is 1. The maximum absolute atomic E-state index is 12.9. The predicted octanol–water partition coefficient (Wildman–Crippen LogP) is 4.26. The minimum Gasteiger partial charge on any atom is -0.496 e. The third-order valence-electron chi connectivity index (χ3n) is 4.03. The monoisotopic (exact) mass is 404 g/mol. The van der Waals surface area contributed by atoms with Gasteiger partial charge in [0.2, 0.25) is 5.95 Å². The summed E-state index contributed by atoms with van der Waals surface area (Å²) >= 11 is 0. The zero-order chi connectivity index (χ0) is 21.0. The van der Waals surface area contributed by atoms with Crippen LogP contribution < -0.4 is 15.2 Å². The zero-order valence-electron chi connectivity index (χ0n) is 15.8. The lowest BCUT2D eigenvalue weighted by atomic mass is 10.1. The standard InChI is InChI=1S/C20H19F3N4O2/c1-13-11-27(19(24)26-13)25-10-14-6-7-18(28-2)15(8-14)12-29-17-5-3-4-16(9-17)20(21,22)23/h3-11H,12H2,1-2H3,(H2,24,26). The quantitative estimate of drug-likeness (QED) is 0.623. The Bertz CT molecular complexity index is 1030. The molecule has 2 N–H and O–H groups in total. The van der Waals surface area contributed by atoms with Gasteiger partial charge in [-0.05, 0) is 48.9 Å². The lowest BCUT2D eigenvalue weighted by molar-refractivity contribution is -0.137. The average Bonchev–Trinajstić information content (AvgIpc) is 3.01. The Labute approximate surface area is 165 Å². The van der Waals surface area contributed by atoms with Gasteiger partial charge in [0.15, 0.2) is 0 Å². The fourth-order valence-corrected chi connectivity index (χ4v) is 2.64. The first-order chi connectivity index (χ1) is 13.8. The number of halogens is 3. The van der Waals surface area contributed by atoms with Gasteiger partial charge in [-0.3, -0.25) is 0 Å². The van der Waals surface area contributed by atoms with Crippen LogP contribution in [0.2, 0.25) is 0 Å². The summed E-state index contributed by atoms with van der Waals surface area (Å²) in [6.45, 7) is 1.83. The number of anilines is 1. The smallest absolute Gasteiger partial charge is 0.416 e. The number of rotatable bonds is 6. The van der Waals surface area contributed by atoms with Crippen LogP contribution in [0.25, 0.3) is 0 Å². The molecule has 0 unspecified atom stereocenters. The molecule has 3 rings (SSSR count). The Hall–Kier alpha value is -3.49. The van der Waals surface area contributed by atoms with E-state index in [9.17, 15) is 13.2 Å². The summed E-state index contributed by atoms with van der Waals surface area (Å²) in [5, 5.41) is 4.25. The van der Waals surface area contributed by atoms with Gasteiger partial charge in [0, 0.05) is 5.56 Å². The second-order valence-corrected chi connectivity index (χ2v) is 6.22. The molecule has 0 aliphatic rings. The summed E-state index contributed by atoms with van der Waals surface area (Å²) in [4.78, 5) is 4.06. The van der Waals surface area contributed by atoms with Crippen LogP contribution >= 0.6 is 0 Å². The van der Waals surface area contributed by atoms with Crippen molar-refractivity contribution in [3.8, 4) is 11.5 Å². The molecule has 6 nitrogen and oxygen atoms in total. The molecule has 29 heavy (non-hydrogen) atoms. The first kappa shape index (κ1) is 20.2.